The van der Waals surface area contributed by atoms with Gasteiger partial charge >= 0.3 is 26.2 Å². The van der Waals surface area contributed by atoms with E-state index in [1.54, 1.807) is 0 Å². The Morgan fingerprint density at radius 2 is 0.878 bits per heavy atom. The van der Waals surface area contributed by atoms with Crippen LogP contribution in [-0.4, -0.2) is 0 Å². The molecular weight excluding hydrogens is 723 g/mol. The zero-order chi connectivity index (χ0) is 31.6. The Hall–Kier alpha value is -3.88. The molecule has 0 aliphatic heterocycles. The standard InChI is InChI=1S/2C22H19O.2ClH.Zr/c2*1-3-16-8-10-17(11-9-16)20-6-4-5-18-13-19(14-21(18)20)22-12-7-15(2)23-22;;;/h2*4-14H,3H2,1-2H3;2*1H;/q2*-1;;;+4/p-2. The van der Waals surface area contributed by atoms with Crippen molar-refractivity contribution in [2.75, 3.05) is 0 Å². The van der Waals surface area contributed by atoms with Crippen molar-refractivity contribution >= 4 is 21.5 Å². The van der Waals surface area contributed by atoms with Gasteiger partial charge in [-0.1, -0.05) is 109 Å². The van der Waals surface area contributed by atoms with Crippen molar-refractivity contribution in [1.82, 2.24) is 0 Å². The van der Waals surface area contributed by atoms with Crippen molar-refractivity contribution in [2.45, 2.75) is 40.5 Å². The second-order valence-corrected chi connectivity index (χ2v) is 12.0. The molecule has 0 fully saturated rings. The second-order valence-electron chi connectivity index (χ2n) is 12.0. The molecule has 244 valence electrons. The van der Waals surface area contributed by atoms with Crippen molar-refractivity contribution in [3.63, 3.8) is 0 Å². The van der Waals surface area contributed by atoms with Crippen LogP contribution in [0.5, 0.6) is 0 Å². The molecule has 0 bridgehead atoms. The van der Waals surface area contributed by atoms with Crippen LogP contribution in [0.1, 0.15) is 36.5 Å². The van der Waals surface area contributed by atoms with Crippen molar-refractivity contribution in [2.24, 2.45) is 0 Å². The molecule has 6 aromatic carbocycles. The number of hydrogen-bond acceptors (Lipinski definition) is 2. The molecule has 8 aromatic rings. The fourth-order valence-electron chi connectivity index (χ4n) is 6.28. The van der Waals surface area contributed by atoms with Crippen LogP contribution in [0, 0.1) is 13.8 Å². The third kappa shape index (κ3) is 8.13. The molecule has 0 amide bonds. The maximum atomic E-state index is 5.77. The topological polar surface area (TPSA) is 26.3 Å². The summed E-state index contributed by atoms with van der Waals surface area (Å²) in [5, 5.41) is 5.07. The Kier molecular flexibility index (Phi) is 12.9. The van der Waals surface area contributed by atoms with Crippen LogP contribution in [0.2, 0.25) is 0 Å². The molecule has 2 heterocycles. The number of fused-ring (bicyclic) bond motifs is 2. The summed E-state index contributed by atoms with van der Waals surface area (Å²) in [5.74, 6) is 3.76. The van der Waals surface area contributed by atoms with E-state index < -0.39 is 0 Å². The van der Waals surface area contributed by atoms with Gasteiger partial charge in [0.05, 0.1) is 23.0 Å². The van der Waals surface area contributed by atoms with Gasteiger partial charge in [-0.05, 0) is 73.2 Å². The summed E-state index contributed by atoms with van der Waals surface area (Å²) < 4.78 is 11.5. The third-order valence-corrected chi connectivity index (χ3v) is 8.90. The van der Waals surface area contributed by atoms with Gasteiger partial charge in [0, 0.05) is 0 Å². The Morgan fingerprint density at radius 3 is 1.20 bits per heavy atom. The van der Waals surface area contributed by atoms with Gasteiger partial charge in [-0.3, -0.25) is 0 Å². The average molecular weight is 761 g/mol. The minimum atomic E-state index is 0. The van der Waals surface area contributed by atoms with Crippen LogP contribution in [0.15, 0.2) is 142 Å². The molecule has 0 aliphatic carbocycles. The fourth-order valence-corrected chi connectivity index (χ4v) is 6.28. The molecule has 8 rings (SSSR count). The minimum Gasteiger partial charge on any atom is -1.00 e. The van der Waals surface area contributed by atoms with E-state index in [4.69, 9.17) is 8.83 Å². The van der Waals surface area contributed by atoms with E-state index >= 15 is 0 Å². The smallest absolute Gasteiger partial charge is 1.00 e. The molecule has 49 heavy (non-hydrogen) atoms. The predicted molar refractivity (Wildman–Crippen MR) is 194 cm³/mol. The van der Waals surface area contributed by atoms with Gasteiger partial charge in [-0.2, -0.15) is 0 Å². The first-order valence-electron chi connectivity index (χ1n) is 16.2. The van der Waals surface area contributed by atoms with Crippen molar-refractivity contribution in [1.29, 1.82) is 0 Å². The van der Waals surface area contributed by atoms with E-state index in [1.807, 2.05) is 38.1 Å². The van der Waals surface area contributed by atoms with E-state index in [9.17, 15) is 0 Å². The van der Waals surface area contributed by atoms with Gasteiger partial charge in [0.1, 0.15) is 0 Å². The molecule has 0 N–H and O–H groups in total. The van der Waals surface area contributed by atoms with Crippen LogP contribution in [0.4, 0.5) is 0 Å². The Labute approximate surface area is 320 Å². The summed E-state index contributed by atoms with van der Waals surface area (Å²) in [5.41, 5.74) is 10.1. The molecule has 2 aromatic heterocycles. The maximum absolute atomic E-state index is 5.77. The number of aryl methyl sites for hydroxylation is 4. The van der Waals surface area contributed by atoms with Gasteiger partial charge in [-0.25, -0.2) is 0 Å². The normalized spacial score (nSPS) is 10.5. The number of hydrogen-bond donors (Lipinski definition) is 0. The maximum Gasteiger partial charge on any atom is 4.00 e. The first kappa shape index (κ1) is 37.9. The van der Waals surface area contributed by atoms with Gasteiger partial charge < -0.3 is 33.6 Å². The summed E-state index contributed by atoms with van der Waals surface area (Å²) in [7, 11) is 0. The quantitative estimate of drug-likeness (QED) is 0.176. The first-order valence-corrected chi connectivity index (χ1v) is 16.2. The summed E-state index contributed by atoms with van der Waals surface area (Å²) in [6, 6.07) is 47.7. The summed E-state index contributed by atoms with van der Waals surface area (Å²) in [4.78, 5) is 0. The zero-order valence-corrected chi connectivity index (χ0v) is 32.2. The summed E-state index contributed by atoms with van der Waals surface area (Å²) in [6.45, 7) is 8.33. The van der Waals surface area contributed by atoms with Crippen LogP contribution < -0.4 is 24.8 Å². The van der Waals surface area contributed by atoms with Gasteiger partial charge in [0.25, 0.3) is 0 Å². The number of rotatable bonds is 6. The Bertz CT molecular complexity index is 2080. The number of halogens is 2. The first-order chi connectivity index (χ1) is 22.5. The van der Waals surface area contributed by atoms with Crippen LogP contribution in [-0.2, 0) is 39.0 Å². The monoisotopic (exact) mass is 758 g/mol. The minimum absolute atomic E-state index is 0. The fraction of sp³-hybridized carbons (Fsp3) is 0.136. The molecule has 0 saturated carbocycles. The van der Waals surface area contributed by atoms with E-state index in [1.165, 1.54) is 54.9 Å². The average Bonchev–Trinajstić information content (AvgIpc) is 3.91. The zero-order valence-electron chi connectivity index (χ0n) is 28.2. The Balaban J connectivity index is 0.000000208. The molecule has 0 radical (unpaired) electrons. The molecule has 0 aliphatic rings. The van der Waals surface area contributed by atoms with E-state index in [-0.39, 0.29) is 51.0 Å². The molecule has 5 heteroatoms. The largest absolute Gasteiger partial charge is 4.00 e. The van der Waals surface area contributed by atoms with Crippen LogP contribution >= 0.6 is 0 Å². The van der Waals surface area contributed by atoms with E-state index in [0.29, 0.717) is 0 Å². The molecule has 0 unspecified atom stereocenters. The van der Waals surface area contributed by atoms with Gasteiger partial charge in [0.15, 0.2) is 0 Å². The number of benzene rings is 4. The molecule has 0 atom stereocenters. The third-order valence-electron chi connectivity index (χ3n) is 8.90. The van der Waals surface area contributed by atoms with Crippen LogP contribution in [0.3, 0.4) is 0 Å². The molecular formula is C44H38Cl2O2Zr. The van der Waals surface area contributed by atoms with Crippen LogP contribution in [0.25, 0.3) is 66.4 Å². The molecule has 0 saturated heterocycles. The van der Waals surface area contributed by atoms with E-state index in [2.05, 4.69) is 123 Å². The van der Waals surface area contributed by atoms with Crippen molar-refractivity contribution < 1.29 is 59.9 Å². The van der Waals surface area contributed by atoms with Crippen molar-refractivity contribution in [3.8, 4) is 44.9 Å². The summed E-state index contributed by atoms with van der Waals surface area (Å²) >= 11 is 0. The molecule has 2 nitrogen and oxygen atoms in total. The van der Waals surface area contributed by atoms with Gasteiger partial charge in [-0.15, -0.1) is 57.9 Å². The second kappa shape index (κ2) is 16.7. The SMILES string of the molecule is CCc1ccc(-c2cccc3[cH-]c(-c4ccc(C)o4)cc23)cc1.CCc1ccc(-c2cccc3[cH-]c(-c4ccc(C)o4)cc23)cc1.[Cl-].[Cl-].[Zr+4]. The van der Waals surface area contributed by atoms with E-state index in [0.717, 1.165) is 47.0 Å². The Morgan fingerprint density at radius 1 is 0.490 bits per heavy atom. The molecule has 0 spiro atoms. The van der Waals surface area contributed by atoms with Crippen molar-refractivity contribution in [3.05, 3.63) is 156 Å². The van der Waals surface area contributed by atoms with Gasteiger partial charge in [0.2, 0.25) is 0 Å². The summed E-state index contributed by atoms with van der Waals surface area (Å²) in [6.07, 6.45) is 2.14. The number of furan rings is 2. The predicted octanol–water partition coefficient (Wildman–Crippen LogP) is 6.72.